The highest BCUT2D eigenvalue weighted by atomic mass is 16.4. The number of fused-ring (bicyclic) bond motifs is 1. The molecule has 0 bridgehead atoms. The lowest BCUT2D eigenvalue weighted by atomic mass is 9.98. The molecule has 3 rings (SSSR count). The van der Waals surface area contributed by atoms with Gasteiger partial charge in [0, 0.05) is 5.92 Å². The van der Waals surface area contributed by atoms with Crippen molar-refractivity contribution in [1.82, 2.24) is 9.97 Å². The first-order valence-corrected chi connectivity index (χ1v) is 6.38. The van der Waals surface area contributed by atoms with E-state index in [-0.39, 0.29) is 0 Å². The Morgan fingerprint density at radius 2 is 2.28 bits per heavy atom. The summed E-state index contributed by atoms with van der Waals surface area (Å²) >= 11 is 0. The van der Waals surface area contributed by atoms with Gasteiger partial charge in [0.25, 0.3) is 0 Å². The molecular formula is C14H16N2O2. The fourth-order valence-corrected chi connectivity index (χ4v) is 2.89. The number of nitrogens with one attached hydrogen (secondary N) is 1. The van der Waals surface area contributed by atoms with Gasteiger partial charge in [-0.3, -0.25) is 0 Å². The standard InChI is InChI=1S/C14H16N2O2/c1-8-3-2-4-10(8)13-15-11-6-5-9(14(17)18)7-12(11)16-13/h5-8,10H,2-4H2,1H3,(H,15,16)(H,17,18). The van der Waals surface area contributed by atoms with E-state index in [4.69, 9.17) is 5.11 Å². The molecule has 1 fully saturated rings. The van der Waals surface area contributed by atoms with Gasteiger partial charge in [-0.25, -0.2) is 9.78 Å². The Kier molecular flexibility index (Phi) is 2.58. The maximum atomic E-state index is 10.9. The second kappa shape index (κ2) is 4.12. The largest absolute Gasteiger partial charge is 0.478 e. The van der Waals surface area contributed by atoms with Crippen LogP contribution in [0.5, 0.6) is 0 Å². The first kappa shape index (κ1) is 11.3. The Balaban J connectivity index is 2.02. The summed E-state index contributed by atoms with van der Waals surface area (Å²) in [5.41, 5.74) is 1.98. The lowest BCUT2D eigenvalue weighted by molar-refractivity contribution is 0.0697. The first-order valence-electron chi connectivity index (χ1n) is 6.38. The lowest BCUT2D eigenvalue weighted by Crippen LogP contribution is -2.03. The highest BCUT2D eigenvalue weighted by molar-refractivity contribution is 5.92. The summed E-state index contributed by atoms with van der Waals surface area (Å²) < 4.78 is 0. The number of imidazole rings is 1. The zero-order chi connectivity index (χ0) is 12.7. The van der Waals surface area contributed by atoms with Crippen molar-refractivity contribution in [2.75, 3.05) is 0 Å². The molecule has 2 aromatic rings. The molecule has 0 spiro atoms. The third-order valence-electron chi connectivity index (χ3n) is 3.96. The van der Waals surface area contributed by atoms with E-state index in [1.165, 1.54) is 19.3 Å². The zero-order valence-electron chi connectivity index (χ0n) is 10.3. The summed E-state index contributed by atoms with van der Waals surface area (Å²) in [5, 5.41) is 8.97. The minimum atomic E-state index is -0.901. The van der Waals surface area contributed by atoms with Gasteiger partial charge in [0.1, 0.15) is 5.82 Å². The molecule has 1 heterocycles. The summed E-state index contributed by atoms with van der Waals surface area (Å²) in [7, 11) is 0. The van der Waals surface area contributed by atoms with Crippen LogP contribution in [-0.2, 0) is 0 Å². The summed E-state index contributed by atoms with van der Waals surface area (Å²) in [5.74, 6) is 1.26. The Bertz CT molecular complexity index is 603. The third-order valence-corrected chi connectivity index (χ3v) is 3.96. The molecule has 4 nitrogen and oxygen atoms in total. The molecule has 18 heavy (non-hydrogen) atoms. The summed E-state index contributed by atoms with van der Waals surface area (Å²) in [4.78, 5) is 18.8. The van der Waals surface area contributed by atoms with E-state index in [1.807, 2.05) is 0 Å². The zero-order valence-corrected chi connectivity index (χ0v) is 10.3. The number of nitrogens with zero attached hydrogens (tertiary/aromatic N) is 1. The number of rotatable bonds is 2. The number of H-pyrrole nitrogens is 1. The van der Waals surface area contributed by atoms with Crippen molar-refractivity contribution in [3.05, 3.63) is 29.6 Å². The summed E-state index contributed by atoms with van der Waals surface area (Å²) in [6.45, 7) is 2.26. The Hall–Kier alpha value is -1.84. The molecule has 0 aliphatic heterocycles. The van der Waals surface area contributed by atoms with Crippen molar-refractivity contribution in [3.63, 3.8) is 0 Å². The predicted octanol–water partition coefficient (Wildman–Crippen LogP) is 3.16. The SMILES string of the molecule is CC1CCCC1c1nc2ccc(C(=O)O)cc2[nH]1. The van der Waals surface area contributed by atoms with Crippen LogP contribution in [-0.4, -0.2) is 21.0 Å². The Morgan fingerprint density at radius 1 is 1.44 bits per heavy atom. The highest BCUT2D eigenvalue weighted by Crippen LogP contribution is 2.38. The van der Waals surface area contributed by atoms with Crippen LogP contribution in [0, 0.1) is 5.92 Å². The maximum Gasteiger partial charge on any atom is 0.335 e. The Labute approximate surface area is 105 Å². The van der Waals surface area contributed by atoms with Crippen molar-refractivity contribution < 1.29 is 9.90 Å². The summed E-state index contributed by atoms with van der Waals surface area (Å²) in [6.07, 6.45) is 3.68. The molecule has 1 aromatic heterocycles. The van der Waals surface area contributed by atoms with Gasteiger partial charge in [0.15, 0.2) is 0 Å². The van der Waals surface area contributed by atoms with Crippen LogP contribution in [0.2, 0.25) is 0 Å². The maximum absolute atomic E-state index is 10.9. The number of carbonyl (C=O) groups is 1. The van der Waals surface area contributed by atoms with Gasteiger partial charge in [-0.2, -0.15) is 0 Å². The van der Waals surface area contributed by atoms with Gasteiger partial charge >= 0.3 is 5.97 Å². The molecule has 0 amide bonds. The molecule has 2 unspecified atom stereocenters. The number of aromatic nitrogens is 2. The van der Waals surface area contributed by atoms with Crippen molar-refractivity contribution in [3.8, 4) is 0 Å². The van der Waals surface area contributed by atoms with E-state index in [2.05, 4.69) is 16.9 Å². The average Bonchev–Trinajstić information content (AvgIpc) is 2.92. The molecule has 2 atom stereocenters. The van der Waals surface area contributed by atoms with Gasteiger partial charge in [-0.05, 0) is 37.0 Å². The average molecular weight is 244 g/mol. The van der Waals surface area contributed by atoms with E-state index in [0.717, 1.165) is 16.9 Å². The number of carboxylic acids is 1. The molecule has 0 radical (unpaired) electrons. The highest BCUT2D eigenvalue weighted by Gasteiger charge is 2.27. The van der Waals surface area contributed by atoms with Crippen LogP contribution >= 0.6 is 0 Å². The van der Waals surface area contributed by atoms with E-state index in [0.29, 0.717) is 17.4 Å². The minimum absolute atomic E-state index is 0.303. The number of hydrogen-bond donors (Lipinski definition) is 2. The molecule has 2 N–H and O–H groups in total. The third kappa shape index (κ3) is 1.78. The topological polar surface area (TPSA) is 66.0 Å². The van der Waals surface area contributed by atoms with Crippen molar-refractivity contribution in [1.29, 1.82) is 0 Å². The first-order chi connectivity index (χ1) is 8.65. The van der Waals surface area contributed by atoms with Crippen LogP contribution in [0.3, 0.4) is 0 Å². The van der Waals surface area contributed by atoms with Gasteiger partial charge in [-0.1, -0.05) is 13.3 Å². The number of benzene rings is 1. The van der Waals surface area contributed by atoms with E-state index >= 15 is 0 Å². The molecule has 1 aliphatic rings. The smallest absolute Gasteiger partial charge is 0.335 e. The summed E-state index contributed by atoms with van der Waals surface area (Å²) in [6, 6.07) is 5.04. The van der Waals surface area contributed by atoms with E-state index in [1.54, 1.807) is 18.2 Å². The molecule has 4 heteroatoms. The Morgan fingerprint density at radius 3 is 2.94 bits per heavy atom. The molecule has 1 aliphatic carbocycles. The van der Waals surface area contributed by atoms with Gasteiger partial charge in [0.2, 0.25) is 0 Å². The lowest BCUT2D eigenvalue weighted by Gasteiger charge is -2.11. The van der Waals surface area contributed by atoms with Gasteiger partial charge in [-0.15, -0.1) is 0 Å². The quantitative estimate of drug-likeness (QED) is 0.852. The number of aromatic amines is 1. The van der Waals surface area contributed by atoms with E-state index in [9.17, 15) is 4.79 Å². The second-order valence-electron chi connectivity index (χ2n) is 5.17. The fourth-order valence-electron chi connectivity index (χ4n) is 2.89. The van der Waals surface area contributed by atoms with Crippen LogP contribution in [0.4, 0.5) is 0 Å². The monoisotopic (exact) mass is 244 g/mol. The fraction of sp³-hybridized carbons (Fsp3) is 0.429. The number of carboxylic acid groups (broad SMARTS) is 1. The molecular weight excluding hydrogens is 228 g/mol. The van der Waals surface area contributed by atoms with Crippen LogP contribution < -0.4 is 0 Å². The normalized spacial score (nSPS) is 23.6. The van der Waals surface area contributed by atoms with Crippen LogP contribution in [0.15, 0.2) is 18.2 Å². The van der Waals surface area contributed by atoms with Crippen LogP contribution in [0.25, 0.3) is 11.0 Å². The minimum Gasteiger partial charge on any atom is -0.478 e. The second-order valence-corrected chi connectivity index (χ2v) is 5.17. The number of hydrogen-bond acceptors (Lipinski definition) is 2. The van der Waals surface area contributed by atoms with Crippen LogP contribution in [0.1, 0.15) is 48.3 Å². The van der Waals surface area contributed by atoms with Gasteiger partial charge < -0.3 is 10.1 Å². The van der Waals surface area contributed by atoms with Gasteiger partial charge in [0.05, 0.1) is 16.6 Å². The van der Waals surface area contributed by atoms with Crippen molar-refractivity contribution in [2.45, 2.75) is 32.1 Å². The molecule has 0 saturated heterocycles. The molecule has 1 aromatic carbocycles. The molecule has 94 valence electrons. The van der Waals surface area contributed by atoms with Crippen molar-refractivity contribution in [2.24, 2.45) is 5.92 Å². The van der Waals surface area contributed by atoms with Crippen molar-refractivity contribution >= 4 is 17.0 Å². The predicted molar refractivity (Wildman–Crippen MR) is 68.8 cm³/mol. The number of aromatic carboxylic acids is 1. The van der Waals surface area contributed by atoms with E-state index < -0.39 is 5.97 Å². The molecule has 1 saturated carbocycles.